The lowest BCUT2D eigenvalue weighted by atomic mass is 10.1. The number of benzene rings is 1. The Labute approximate surface area is 164 Å². The molecule has 152 valence electrons. The lowest BCUT2D eigenvalue weighted by Gasteiger charge is -2.30. The predicted molar refractivity (Wildman–Crippen MR) is 95.6 cm³/mol. The van der Waals surface area contributed by atoms with E-state index in [9.17, 15) is 26.4 Å². The number of nitrogens with zero attached hydrogens (tertiary/aromatic N) is 2. The zero-order valence-corrected chi connectivity index (χ0v) is 16.2. The molecule has 0 saturated carbocycles. The van der Waals surface area contributed by atoms with Gasteiger partial charge in [-0.05, 0) is 23.8 Å². The van der Waals surface area contributed by atoms with E-state index < -0.39 is 32.7 Å². The molecule has 0 N–H and O–H groups in total. The van der Waals surface area contributed by atoms with Crippen LogP contribution in [0.4, 0.5) is 13.2 Å². The minimum Gasteiger partial charge on any atom is -0.373 e. The zero-order chi connectivity index (χ0) is 20.7. The maximum atomic E-state index is 13.7. The van der Waals surface area contributed by atoms with Crippen molar-refractivity contribution in [1.29, 1.82) is 0 Å². The molecule has 1 aliphatic heterocycles. The first-order valence-electron chi connectivity index (χ1n) is 8.13. The van der Waals surface area contributed by atoms with E-state index in [0.29, 0.717) is 12.3 Å². The van der Waals surface area contributed by atoms with Crippen LogP contribution in [0.25, 0.3) is 0 Å². The van der Waals surface area contributed by atoms with Crippen molar-refractivity contribution < 1.29 is 26.3 Å². The number of sulfonamides is 1. The highest BCUT2D eigenvalue weighted by Crippen LogP contribution is 2.39. The van der Waals surface area contributed by atoms with E-state index in [2.05, 4.69) is 0 Å². The summed E-state index contributed by atoms with van der Waals surface area (Å²) in [5.41, 5.74) is -0.607. The van der Waals surface area contributed by atoms with Crippen molar-refractivity contribution in [2.24, 2.45) is 0 Å². The third-order valence-electron chi connectivity index (χ3n) is 4.43. The normalized spacial score (nSPS) is 16.1. The molecule has 11 heteroatoms. The fourth-order valence-corrected chi connectivity index (χ4v) is 4.55. The van der Waals surface area contributed by atoms with Crippen molar-refractivity contribution in [2.75, 3.05) is 13.7 Å². The van der Waals surface area contributed by atoms with E-state index in [1.807, 2.05) is 0 Å². The van der Waals surface area contributed by atoms with E-state index in [4.69, 9.17) is 16.3 Å². The summed E-state index contributed by atoms with van der Waals surface area (Å²) < 4.78 is 73.8. The van der Waals surface area contributed by atoms with Crippen LogP contribution in [0.1, 0.15) is 17.3 Å². The van der Waals surface area contributed by atoms with Crippen molar-refractivity contribution in [3.05, 3.63) is 63.0 Å². The molecule has 1 aromatic carbocycles. The van der Waals surface area contributed by atoms with Gasteiger partial charge < -0.3 is 9.30 Å². The number of aromatic nitrogens is 1. The first-order valence-corrected chi connectivity index (χ1v) is 9.95. The Morgan fingerprint density at radius 3 is 2.46 bits per heavy atom. The molecule has 0 amide bonds. The smallest absolute Gasteiger partial charge is 0.373 e. The van der Waals surface area contributed by atoms with E-state index in [-0.39, 0.29) is 28.0 Å². The van der Waals surface area contributed by atoms with Gasteiger partial charge in [-0.2, -0.15) is 17.5 Å². The quantitative estimate of drug-likeness (QED) is 0.739. The minimum absolute atomic E-state index is 0.00218. The molecule has 1 aliphatic rings. The second-order valence-corrected chi connectivity index (χ2v) is 8.68. The number of hydrogen-bond donors (Lipinski definition) is 0. The molecule has 6 nitrogen and oxygen atoms in total. The van der Waals surface area contributed by atoms with Gasteiger partial charge in [-0.3, -0.25) is 4.79 Å². The van der Waals surface area contributed by atoms with Gasteiger partial charge in [0.25, 0.3) is 5.56 Å². The van der Waals surface area contributed by atoms with E-state index in [1.165, 1.54) is 22.8 Å². The summed E-state index contributed by atoms with van der Waals surface area (Å²) >= 11 is 5.72. The Kier molecular flexibility index (Phi) is 5.59. The van der Waals surface area contributed by atoms with Gasteiger partial charge in [-0.15, -0.1) is 0 Å². The molecular weight excluding hydrogens is 421 g/mol. The highest BCUT2D eigenvalue weighted by atomic mass is 35.5. The highest BCUT2D eigenvalue weighted by Gasteiger charge is 2.47. The number of fused-ring (bicyclic) bond motifs is 1. The predicted octanol–water partition coefficient (Wildman–Crippen LogP) is 2.96. The number of halogens is 4. The molecular formula is C17H16ClF3N2O4S. The topological polar surface area (TPSA) is 68.6 Å². The molecule has 2 aromatic rings. The monoisotopic (exact) mass is 436 g/mol. The molecule has 0 radical (unpaired) electrons. The van der Waals surface area contributed by atoms with Crippen molar-refractivity contribution in [1.82, 2.24) is 8.87 Å². The Morgan fingerprint density at radius 2 is 1.86 bits per heavy atom. The molecule has 0 spiro atoms. The third kappa shape index (κ3) is 3.95. The summed E-state index contributed by atoms with van der Waals surface area (Å²) in [5, 5.41) is 0.220. The van der Waals surface area contributed by atoms with Gasteiger partial charge in [0, 0.05) is 30.4 Å². The number of pyridine rings is 1. The first-order chi connectivity index (χ1) is 13.0. The molecule has 0 unspecified atom stereocenters. The van der Waals surface area contributed by atoms with Crippen LogP contribution >= 0.6 is 11.6 Å². The average molecular weight is 437 g/mol. The molecule has 0 aliphatic carbocycles. The van der Waals surface area contributed by atoms with Crippen LogP contribution in [-0.4, -0.2) is 37.1 Å². The fraction of sp³-hybridized carbons (Fsp3) is 0.353. The molecule has 3 rings (SSSR count). The van der Waals surface area contributed by atoms with E-state index >= 15 is 0 Å². The average Bonchev–Trinajstić information content (AvgIpc) is 2.62. The number of alkyl halides is 3. The van der Waals surface area contributed by atoms with Crippen LogP contribution in [0.5, 0.6) is 0 Å². The summed E-state index contributed by atoms with van der Waals surface area (Å²) in [6, 6.07) is 4.28. The Bertz CT molecular complexity index is 1040. The Hall–Kier alpha value is -1.88. The van der Waals surface area contributed by atoms with Gasteiger partial charge in [0.15, 0.2) is 0 Å². The highest BCUT2D eigenvalue weighted by molar-refractivity contribution is 7.89. The number of hydrogen-bond acceptors (Lipinski definition) is 4. The maximum absolute atomic E-state index is 13.7. The first kappa shape index (κ1) is 20.8. The molecule has 2 heterocycles. The summed E-state index contributed by atoms with van der Waals surface area (Å²) in [6.45, 7) is 0.550. The van der Waals surface area contributed by atoms with Crippen LogP contribution in [0.15, 0.2) is 46.1 Å². The lowest BCUT2D eigenvalue weighted by Crippen LogP contribution is -2.40. The second kappa shape index (κ2) is 7.51. The Morgan fingerprint density at radius 1 is 1.21 bits per heavy atom. The van der Waals surface area contributed by atoms with Crippen LogP contribution in [0.2, 0.25) is 5.02 Å². The summed E-state index contributed by atoms with van der Waals surface area (Å²) in [7, 11) is -3.80. The van der Waals surface area contributed by atoms with Crippen LogP contribution in [0.3, 0.4) is 0 Å². The van der Waals surface area contributed by atoms with Crippen molar-refractivity contribution in [3.8, 4) is 0 Å². The molecule has 1 atom stereocenters. The fourth-order valence-electron chi connectivity index (χ4n) is 3.04. The Balaban J connectivity index is 2.07. The molecule has 0 fully saturated rings. The molecule has 1 aromatic heterocycles. The summed E-state index contributed by atoms with van der Waals surface area (Å²) in [5.74, 6) is 0. The number of rotatable bonds is 4. The maximum Gasteiger partial charge on any atom is 0.409 e. The van der Waals surface area contributed by atoms with E-state index in [1.54, 1.807) is 0 Å². The van der Waals surface area contributed by atoms with Crippen LogP contribution in [0, 0.1) is 0 Å². The third-order valence-corrected chi connectivity index (χ3v) is 6.49. The van der Waals surface area contributed by atoms with Crippen LogP contribution < -0.4 is 5.56 Å². The minimum atomic E-state index is -4.89. The van der Waals surface area contributed by atoms with Crippen LogP contribution in [-0.2, 0) is 27.9 Å². The zero-order valence-electron chi connectivity index (χ0n) is 14.6. The van der Waals surface area contributed by atoms with Gasteiger partial charge in [0.2, 0.25) is 10.0 Å². The second-order valence-electron chi connectivity index (χ2n) is 6.24. The number of ether oxygens (including phenoxy) is 1. The lowest BCUT2D eigenvalue weighted by molar-refractivity contribution is -0.171. The summed E-state index contributed by atoms with van der Waals surface area (Å²) in [6.07, 6.45) is -4.89. The van der Waals surface area contributed by atoms with Gasteiger partial charge in [0.1, 0.15) is 6.04 Å². The van der Waals surface area contributed by atoms with Crippen molar-refractivity contribution >= 4 is 21.6 Å². The van der Waals surface area contributed by atoms with Gasteiger partial charge in [0.05, 0.1) is 18.1 Å². The van der Waals surface area contributed by atoms with Gasteiger partial charge >= 0.3 is 6.18 Å². The SMILES string of the molecule is CN([C@H](c1ccc(Cl)cc1)C(F)(F)F)S(=O)(=O)c1cc2n(c(=O)c1)CCOC2. The van der Waals surface area contributed by atoms with Crippen molar-refractivity contribution in [3.63, 3.8) is 0 Å². The largest absolute Gasteiger partial charge is 0.409 e. The van der Waals surface area contributed by atoms with Gasteiger partial charge in [-0.1, -0.05) is 23.7 Å². The van der Waals surface area contributed by atoms with Crippen molar-refractivity contribution in [2.45, 2.75) is 30.3 Å². The van der Waals surface area contributed by atoms with E-state index in [0.717, 1.165) is 25.2 Å². The summed E-state index contributed by atoms with van der Waals surface area (Å²) in [4.78, 5) is 11.7. The molecule has 28 heavy (non-hydrogen) atoms. The van der Waals surface area contributed by atoms with Gasteiger partial charge in [-0.25, -0.2) is 8.42 Å². The molecule has 0 saturated heterocycles. The molecule has 0 bridgehead atoms. The standard InChI is InChI=1S/C17H16ClF3N2O4S/c1-22(16(17(19,20)21)11-2-4-12(18)5-3-11)28(25,26)14-8-13-10-27-7-6-23(13)15(24)9-14/h2-5,8-9,16H,6-7,10H2,1H3/t16-/m1/s1.